The molecule has 0 saturated heterocycles. The fourth-order valence-corrected chi connectivity index (χ4v) is 2.93. The molecule has 1 amide bonds. The van der Waals surface area contributed by atoms with Gasteiger partial charge in [-0.15, -0.1) is 11.3 Å². The standard InChI is InChI=1S/C18H20N2O4S/c1-13-15(20-18(24-13)16-6-3-10-25-16)11-17(21)19-7-4-8-22-12-14-5-2-9-23-14/h2-3,5-6,9-10H,4,7-8,11-12H2,1H3,(H,19,21). The van der Waals surface area contributed by atoms with Crippen LogP contribution >= 0.6 is 11.3 Å². The van der Waals surface area contributed by atoms with Crippen molar-refractivity contribution in [3.8, 4) is 10.8 Å². The normalized spacial score (nSPS) is 10.9. The number of oxazole rings is 1. The zero-order chi connectivity index (χ0) is 17.5. The fourth-order valence-electron chi connectivity index (χ4n) is 2.28. The van der Waals surface area contributed by atoms with Crippen molar-refractivity contribution in [2.75, 3.05) is 13.2 Å². The van der Waals surface area contributed by atoms with E-state index in [1.165, 1.54) is 0 Å². The summed E-state index contributed by atoms with van der Waals surface area (Å²) >= 11 is 1.56. The van der Waals surface area contributed by atoms with Crippen LogP contribution in [-0.2, 0) is 22.6 Å². The summed E-state index contributed by atoms with van der Waals surface area (Å²) in [5, 5.41) is 4.84. The summed E-state index contributed by atoms with van der Waals surface area (Å²) in [6, 6.07) is 7.59. The minimum atomic E-state index is -0.0693. The smallest absolute Gasteiger partial charge is 0.236 e. The van der Waals surface area contributed by atoms with Gasteiger partial charge in [-0.25, -0.2) is 4.98 Å². The molecule has 6 nitrogen and oxygen atoms in total. The number of ether oxygens (including phenoxy) is 1. The van der Waals surface area contributed by atoms with E-state index in [0.29, 0.717) is 37.1 Å². The van der Waals surface area contributed by atoms with Crippen molar-refractivity contribution in [2.45, 2.75) is 26.4 Å². The highest BCUT2D eigenvalue weighted by Gasteiger charge is 2.14. The van der Waals surface area contributed by atoms with Crippen molar-refractivity contribution >= 4 is 17.2 Å². The van der Waals surface area contributed by atoms with Crippen LogP contribution in [0.2, 0.25) is 0 Å². The Kier molecular flexibility index (Phi) is 6.03. The molecule has 0 fully saturated rings. The van der Waals surface area contributed by atoms with Crippen LogP contribution in [0, 0.1) is 6.92 Å². The summed E-state index contributed by atoms with van der Waals surface area (Å²) < 4.78 is 16.3. The van der Waals surface area contributed by atoms with Gasteiger partial charge in [-0.3, -0.25) is 4.79 Å². The second-order valence-corrected chi connectivity index (χ2v) is 6.46. The molecular formula is C18H20N2O4S. The molecule has 0 aliphatic rings. The van der Waals surface area contributed by atoms with Gasteiger partial charge in [-0.2, -0.15) is 0 Å². The number of furan rings is 1. The summed E-state index contributed by atoms with van der Waals surface area (Å²) in [6.07, 6.45) is 2.58. The Morgan fingerprint density at radius 1 is 1.36 bits per heavy atom. The quantitative estimate of drug-likeness (QED) is 0.590. The molecule has 0 aromatic carbocycles. The molecular weight excluding hydrogens is 340 g/mol. The highest BCUT2D eigenvalue weighted by molar-refractivity contribution is 7.13. The third-order valence-electron chi connectivity index (χ3n) is 3.56. The molecule has 0 radical (unpaired) electrons. The third kappa shape index (κ3) is 5.04. The number of nitrogens with zero attached hydrogens (tertiary/aromatic N) is 1. The van der Waals surface area contributed by atoms with E-state index in [1.807, 2.05) is 36.6 Å². The summed E-state index contributed by atoms with van der Waals surface area (Å²) in [6.45, 7) is 3.40. The maximum atomic E-state index is 12.0. The molecule has 1 N–H and O–H groups in total. The molecule has 0 spiro atoms. The maximum Gasteiger partial charge on any atom is 0.236 e. The largest absolute Gasteiger partial charge is 0.467 e. The molecule has 0 atom stereocenters. The lowest BCUT2D eigenvalue weighted by Gasteiger charge is -2.05. The van der Waals surface area contributed by atoms with Gasteiger partial charge in [0.2, 0.25) is 11.8 Å². The Hall–Kier alpha value is -2.38. The Morgan fingerprint density at radius 2 is 2.28 bits per heavy atom. The van der Waals surface area contributed by atoms with Crippen LogP contribution in [0.15, 0.2) is 44.7 Å². The van der Waals surface area contributed by atoms with Crippen LogP contribution in [0.25, 0.3) is 10.8 Å². The first-order valence-electron chi connectivity index (χ1n) is 8.09. The first-order valence-corrected chi connectivity index (χ1v) is 8.97. The van der Waals surface area contributed by atoms with E-state index in [0.717, 1.165) is 17.1 Å². The van der Waals surface area contributed by atoms with Crippen LogP contribution in [0.5, 0.6) is 0 Å². The number of thiophene rings is 1. The number of aryl methyl sites for hydroxylation is 1. The number of hydrogen-bond acceptors (Lipinski definition) is 6. The molecule has 0 unspecified atom stereocenters. The topological polar surface area (TPSA) is 77.5 Å². The molecule has 0 saturated carbocycles. The summed E-state index contributed by atoms with van der Waals surface area (Å²) in [4.78, 5) is 17.4. The zero-order valence-electron chi connectivity index (χ0n) is 14.0. The molecule has 3 heterocycles. The lowest BCUT2D eigenvalue weighted by Crippen LogP contribution is -2.27. The van der Waals surface area contributed by atoms with E-state index in [9.17, 15) is 4.79 Å². The summed E-state index contributed by atoms with van der Waals surface area (Å²) in [7, 11) is 0. The van der Waals surface area contributed by atoms with Gasteiger partial charge in [0.25, 0.3) is 0 Å². The van der Waals surface area contributed by atoms with Gasteiger partial charge in [0, 0.05) is 13.2 Å². The first kappa shape index (κ1) is 17.4. The van der Waals surface area contributed by atoms with Gasteiger partial charge in [0.1, 0.15) is 18.1 Å². The van der Waals surface area contributed by atoms with Gasteiger partial charge in [0.05, 0.1) is 23.3 Å². The minimum Gasteiger partial charge on any atom is -0.467 e. The predicted molar refractivity (Wildman–Crippen MR) is 94.2 cm³/mol. The Balaban J connectivity index is 1.36. The molecule has 3 aromatic heterocycles. The van der Waals surface area contributed by atoms with Gasteiger partial charge in [-0.05, 0) is 36.9 Å². The van der Waals surface area contributed by atoms with Crippen molar-refractivity contribution in [3.05, 3.63) is 53.1 Å². The second kappa shape index (κ2) is 8.64. The number of nitrogens with one attached hydrogen (secondary N) is 1. The summed E-state index contributed by atoms with van der Waals surface area (Å²) in [5.74, 6) is 1.98. The molecule has 0 aliphatic heterocycles. The number of hydrogen-bond donors (Lipinski definition) is 1. The third-order valence-corrected chi connectivity index (χ3v) is 4.42. The van der Waals surface area contributed by atoms with Crippen LogP contribution in [0.3, 0.4) is 0 Å². The summed E-state index contributed by atoms with van der Waals surface area (Å²) in [5.41, 5.74) is 0.676. The highest BCUT2D eigenvalue weighted by atomic mass is 32.1. The average molecular weight is 360 g/mol. The molecule has 0 aliphatic carbocycles. The van der Waals surface area contributed by atoms with Crippen molar-refractivity contribution in [1.29, 1.82) is 0 Å². The van der Waals surface area contributed by atoms with Crippen molar-refractivity contribution in [1.82, 2.24) is 10.3 Å². The molecule has 25 heavy (non-hydrogen) atoms. The molecule has 132 valence electrons. The number of carbonyl (C=O) groups is 1. The predicted octanol–water partition coefficient (Wildman–Crippen LogP) is 3.57. The van der Waals surface area contributed by atoms with Crippen LogP contribution in [0.4, 0.5) is 0 Å². The number of amides is 1. The average Bonchev–Trinajstić information content (AvgIpc) is 3.34. The first-order chi connectivity index (χ1) is 12.2. The van der Waals surface area contributed by atoms with Crippen molar-refractivity contribution < 1.29 is 18.4 Å². The van der Waals surface area contributed by atoms with E-state index >= 15 is 0 Å². The van der Waals surface area contributed by atoms with Crippen molar-refractivity contribution in [2.24, 2.45) is 0 Å². The van der Waals surface area contributed by atoms with E-state index in [4.69, 9.17) is 13.6 Å². The SMILES string of the molecule is Cc1oc(-c2cccs2)nc1CC(=O)NCCCOCc1ccco1. The molecule has 3 rings (SSSR count). The van der Waals surface area contributed by atoms with Gasteiger partial charge in [0.15, 0.2) is 0 Å². The Labute approximate surface area is 149 Å². The molecule has 3 aromatic rings. The maximum absolute atomic E-state index is 12.0. The van der Waals surface area contributed by atoms with Crippen LogP contribution < -0.4 is 5.32 Å². The van der Waals surface area contributed by atoms with E-state index < -0.39 is 0 Å². The van der Waals surface area contributed by atoms with Crippen LogP contribution in [-0.4, -0.2) is 24.0 Å². The monoisotopic (exact) mass is 360 g/mol. The minimum absolute atomic E-state index is 0.0693. The molecule has 7 heteroatoms. The zero-order valence-corrected chi connectivity index (χ0v) is 14.8. The number of carbonyl (C=O) groups excluding carboxylic acids is 1. The van der Waals surface area contributed by atoms with Gasteiger partial charge in [-0.1, -0.05) is 6.07 Å². The lowest BCUT2D eigenvalue weighted by molar-refractivity contribution is -0.120. The number of rotatable bonds is 9. The van der Waals surface area contributed by atoms with Crippen molar-refractivity contribution in [3.63, 3.8) is 0 Å². The second-order valence-electron chi connectivity index (χ2n) is 5.51. The lowest BCUT2D eigenvalue weighted by atomic mass is 10.2. The Bertz CT molecular complexity index is 778. The Morgan fingerprint density at radius 3 is 3.04 bits per heavy atom. The van der Waals surface area contributed by atoms with Crippen LogP contribution in [0.1, 0.15) is 23.6 Å². The molecule has 0 bridgehead atoms. The van der Waals surface area contributed by atoms with Gasteiger partial charge < -0.3 is 18.9 Å². The number of aromatic nitrogens is 1. The van der Waals surface area contributed by atoms with E-state index in [1.54, 1.807) is 17.6 Å². The van der Waals surface area contributed by atoms with E-state index in [-0.39, 0.29) is 12.3 Å². The highest BCUT2D eigenvalue weighted by Crippen LogP contribution is 2.25. The van der Waals surface area contributed by atoms with E-state index in [2.05, 4.69) is 10.3 Å². The van der Waals surface area contributed by atoms with Gasteiger partial charge >= 0.3 is 0 Å². The fraction of sp³-hybridized carbons (Fsp3) is 0.333.